The molecule has 2 atom stereocenters. The van der Waals surface area contributed by atoms with Crippen LogP contribution in [0.3, 0.4) is 0 Å². The van der Waals surface area contributed by atoms with Crippen LogP contribution in [0.15, 0.2) is 42.6 Å². The number of ether oxygens (including phenoxy) is 1. The fourth-order valence-corrected chi connectivity index (χ4v) is 3.84. The van der Waals surface area contributed by atoms with Gasteiger partial charge in [0.1, 0.15) is 0 Å². The van der Waals surface area contributed by atoms with Crippen LogP contribution in [0.4, 0.5) is 0 Å². The summed E-state index contributed by atoms with van der Waals surface area (Å²) in [4.78, 5) is 17.5. The number of carbonyl (C=O) groups is 1. The SMILES string of the molecule is CCn1ncc2cc3nc(c21)CC(C)(O)COC[C@H](c1ccccc1)NC(=O)C3. The van der Waals surface area contributed by atoms with Crippen LogP contribution in [0.25, 0.3) is 10.9 Å². The maximum Gasteiger partial charge on any atom is 0.226 e. The minimum atomic E-state index is -1.09. The van der Waals surface area contributed by atoms with Crippen molar-refractivity contribution in [3.63, 3.8) is 0 Å². The van der Waals surface area contributed by atoms with Gasteiger partial charge in [0.25, 0.3) is 0 Å². The summed E-state index contributed by atoms with van der Waals surface area (Å²) in [5.74, 6) is -0.115. The summed E-state index contributed by atoms with van der Waals surface area (Å²) >= 11 is 0. The Kier molecular flexibility index (Phi) is 5.34. The monoisotopic (exact) mass is 394 g/mol. The molecule has 1 unspecified atom stereocenters. The normalized spacial score (nSPS) is 23.3. The zero-order chi connectivity index (χ0) is 20.4. The zero-order valence-corrected chi connectivity index (χ0v) is 16.8. The highest BCUT2D eigenvalue weighted by Gasteiger charge is 2.27. The van der Waals surface area contributed by atoms with Crippen molar-refractivity contribution >= 4 is 16.8 Å². The molecule has 152 valence electrons. The molecular formula is C22H26N4O3. The van der Waals surface area contributed by atoms with Crippen molar-refractivity contribution < 1.29 is 14.6 Å². The number of amides is 1. The van der Waals surface area contributed by atoms with Crippen molar-refractivity contribution in [2.75, 3.05) is 13.2 Å². The quantitative estimate of drug-likeness (QED) is 0.695. The van der Waals surface area contributed by atoms with Crippen molar-refractivity contribution in [3.05, 3.63) is 59.5 Å². The Morgan fingerprint density at radius 1 is 1.34 bits per heavy atom. The molecule has 1 aliphatic heterocycles. The van der Waals surface area contributed by atoms with Crippen LogP contribution in [-0.4, -0.2) is 44.6 Å². The van der Waals surface area contributed by atoms with Gasteiger partial charge >= 0.3 is 0 Å². The number of hydrogen-bond donors (Lipinski definition) is 2. The van der Waals surface area contributed by atoms with Crippen LogP contribution in [-0.2, 0) is 28.9 Å². The third-order valence-electron chi connectivity index (χ3n) is 5.17. The molecule has 7 nitrogen and oxygen atoms in total. The first-order chi connectivity index (χ1) is 13.9. The van der Waals surface area contributed by atoms with Crippen LogP contribution in [0, 0.1) is 0 Å². The molecule has 0 aliphatic carbocycles. The molecule has 0 saturated carbocycles. The van der Waals surface area contributed by atoms with E-state index in [9.17, 15) is 9.90 Å². The molecular weight excluding hydrogens is 368 g/mol. The summed E-state index contributed by atoms with van der Waals surface area (Å²) in [6.07, 6.45) is 2.27. The standard InChI is InChI=1S/C22H26N4O3/c1-3-26-21-16(12-23-26)9-17-10-20(27)25-19(15-7-5-4-6-8-15)13-29-14-22(2,28)11-18(21)24-17/h4-9,12,19,28H,3,10-11,13-14H2,1-2H3,(H,25,27)/t19-,22?/m1/s1. The first-order valence-electron chi connectivity index (χ1n) is 9.94. The number of rotatable bonds is 2. The highest BCUT2D eigenvalue weighted by molar-refractivity contribution is 5.84. The van der Waals surface area contributed by atoms with Gasteiger partial charge in [0.05, 0.1) is 54.4 Å². The molecule has 29 heavy (non-hydrogen) atoms. The second-order valence-corrected chi connectivity index (χ2v) is 7.85. The van der Waals surface area contributed by atoms with Crippen molar-refractivity contribution in [1.82, 2.24) is 20.1 Å². The Morgan fingerprint density at radius 3 is 2.90 bits per heavy atom. The molecule has 0 radical (unpaired) electrons. The van der Waals surface area contributed by atoms with Crippen LogP contribution in [0.1, 0.15) is 36.8 Å². The lowest BCUT2D eigenvalue weighted by Gasteiger charge is -2.27. The Morgan fingerprint density at radius 2 is 2.14 bits per heavy atom. The highest BCUT2D eigenvalue weighted by Crippen LogP contribution is 2.24. The van der Waals surface area contributed by atoms with E-state index in [1.165, 1.54) is 0 Å². The predicted octanol–water partition coefficient (Wildman–Crippen LogP) is 2.17. The Balaban J connectivity index is 1.72. The number of nitrogens with zero attached hydrogens (tertiary/aromatic N) is 3. The van der Waals surface area contributed by atoms with E-state index in [2.05, 4.69) is 10.4 Å². The van der Waals surface area contributed by atoms with Gasteiger partial charge in [-0.15, -0.1) is 0 Å². The molecule has 7 heteroatoms. The number of aromatic nitrogens is 3. The summed E-state index contributed by atoms with van der Waals surface area (Å²) in [5, 5.41) is 19.4. The van der Waals surface area contributed by atoms with Gasteiger partial charge in [-0.1, -0.05) is 30.3 Å². The molecule has 1 aliphatic rings. The van der Waals surface area contributed by atoms with Gasteiger partial charge < -0.3 is 15.2 Å². The molecule has 3 aromatic rings. The van der Waals surface area contributed by atoms with E-state index in [4.69, 9.17) is 9.72 Å². The molecule has 0 saturated heterocycles. The van der Waals surface area contributed by atoms with Gasteiger partial charge in [-0.2, -0.15) is 5.10 Å². The molecule has 2 aromatic heterocycles. The predicted molar refractivity (Wildman–Crippen MR) is 109 cm³/mol. The lowest BCUT2D eigenvalue weighted by atomic mass is 9.98. The summed E-state index contributed by atoms with van der Waals surface area (Å²) in [5.41, 5.74) is 2.18. The molecule has 4 rings (SSSR count). The summed E-state index contributed by atoms with van der Waals surface area (Å²) in [6, 6.07) is 11.3. The fourth-order valence-electron chi connectivity index (χ4n) is 3.84. The maximum absolute atomic E-state index is 12.7. The van der Waals surface area contributed by atoms with Crippen molar-refractivity contribution in [3.8, 4) is 0 Å². The van der Waals surface area contributed by atoms with Crippen LogP contribution >= 0.6 is 0 Å². The lowest BCUT2D eigenvalue weighted by Crippen LogP contribution is -2.38. The molecule has 0 fully saturated rings. The topological polar surface area (TPSA) is 89.3 Å². The zero-order valence-electron chi connectivity index (χ0n) is 16.8. The molecule has 0 spiro atoms. The van der Waals surface area contributed by atoms with Gasteiger partial charge in [0.15, 0.2) is 0 Å². The number of aryl methyl sites for hydroxylation is 1. The number of benzene rings is 1. The van der Waals surface area contributed by atoms with Crippen LogP contribution in [0.2, 0.25) is 0 Å². The van der Waals surface area contributed by atoms with Gasteiger partial charge in [0, 0.05) is 18.4 Å². The second-order valence-electron chi connectivity index (χ2n) is 7.85. The largest absolute Gasteiger partial charge is 0.387 e. The first kappa shape index (κ1) is 19.5. The van der Waals surface area contributed by atoms with E-state index in [1.54, 1.807) is 13.1 Å². The highest BCUT2D eigenvalue weighted by atomic mass is 16.5. The third-order valence-corrected chi connectivity index (χ3v) is 5.17. The van der Waals surface area contributed by atoms with Crippen molar-refractivity contribution in [1.29, 1.82) is 0 Å². The Labute approximate surface area is 169 Å². The summed E-state index contributed by atoms with van der Waals surface area (Å²) in [6.45, 7) is 4.90. The van der Waals surface area contributed by atoms with Gasteiger partial charge in [-0.05, 0) is 25.5 Å². The number of fused-ring (bicyclic) bond motifs is 4. The minimum Gasteiger partial charge on any atom is -0.387 e. The molecule has 3 heterocycles. The third kappa shape index (κ3) is 4.31. The van der Waals surface area contributed by atoms with Crippen molar-refractivity contribution in [2.45, 2.75) is 44.9 Å². The Hall–Kier alpha value is -2.77. The molecule has 1 aromatic carbocycles. The molecule has 1 amide bonds. The van der Waals surface area contributed by atoms with Crippen LogP contribution in [0.5, 0.6) is 0 Å². The number of nitrogens with one attached hydrogen (secondary N) is 1. The average Bonchev–Trinajstić information content (AvgIpc) is 3.10. The number of pyridine rings is 1. The average molecular weight is 394 g/mol. The summed E-state index contributed by atoms with van der Waals surface area (Å²) in [7, 11) is 0. The second kappa shape index (κ2) is 7.93. The molecule has 2 N–H and O–H groups in total. The van der Waals surface area contributed by atoms with Gasteiger partial charge in [-0.3, -0.25) is 14.5 Å². The van der Waals surface area contributed by atoms with Gasteiger partial charge in [-0.25, -0.2) is 0 Å². The van der Waals surface area contributed by atoms with E-state index < -0.39 is 5.60 Å². The first-order valence-corrected chi connectivity index (χ1v) is 9.94. The number of hydrogen-bond acceptors (Lipinski definition) is 5. The minimum absolute atomic E-state index is 0.115. The number of carbonyl (C=O) groups excluding carboxylic acids is 1. The van der Waals surface area contributed by atoms with E-state index in [1.807, 2.05) is 48.0 Å². The van der Waals surface area contributed by atoms with E-state index >= 15 is 0 Å². The Bertz CT molecular complexity index is 1010. The molecule has 2 bridgehead atoms. The smallest absolute Gasteiger partial charge is 0.226 e. The summed E-state index contributed by atoms with van der Waals surface area (Å²) < 4.78 is 7.71. The van der Waals surface area contributed by atoms with Crippen molar-refractivity contribution in [2.24, 2.45) is 0 Å². The fraction of sp³-hybridized carbons (Fsp3) is 0.409. The van der Waals surface area contributed by atoms with Crippen LogP contribution < -0.4 is 5.32 Å². The van der Waals surface area contributed by atoms with E-state index in [-0.39, 0.29) is 31.6 Å². The number of aliphatic hydroxyl groups is 1. The van der Waals surface area contributed by atoms with E-state index in [0.717, 1.165) is 22.2 Å². The van der Waals surface area contributed by atoms with E-state index in [0.29, 0.717) is 18.7 Å². The van der Waals surface area contributed by atoms with Gasteiger partial charge in [0.2, 0.25) is 5.91 Å². The maximum atomic E-state index is 12.7. The lowest BCUT2D eigenvalue weighted by molar-refractivity contribution is -0.122.